The van der Waals surface area contributed by atoms with Gasteiger partial charge in [-0.2, -0.15) is 0 Å². The number of fused-ring (bicyclic) bond motifs is 1. The third-order valence-corrected chi connectivity index (χ3v) is 5.72. The first-order chi connectivity index (χ1) is 9.48. The van der Waals surface area contributed by atoms with Crippen LogP contribution in [0.4, 0.5) is 0 Å². The maximum absolute atomic E-state index is 12.6. The zero-order valence-corrected chi connectivity index (χ0v) is 15.2. The highest BCUT2D eigenvalue weighted by Gasteiger charge is 2.70. The second-order valence-electron chi connectivity index (χ2n) is 6.24. The summed E-state index contributed by atoms with van der Waals surface area (Å²) in [7, 11) is 0. The molecule has 1 saturated carbocycles. The van der Waals surface area contributed by atoms with Gasteiger partial charge in [0.1, 0.15) is 10.5 Å². The maximum atomic E-state index is 12.6. The Morgan fingerprint density at radius 3 is 2.91 bits per heavy atom. The van der Waals surface area contributed by atoms with Gasteiger partial charge in [0.2, 0.25) is 5.91 Å². The Balaban J connectivity index is 0.00000121. The number of carbonyl (C=O) groups excluding carboxylic acids is 1. The normalized spacial score (nSPS) is 31.8. The first kappa shape index (κ1) is 19.6. The number of nitrogens with two attached hydrogens (primary N) is 1. The number of rotatable bonds is 3. The Labute approximate surface area is 147 Å². The lowest BCUT2D eigenvalue weighted by Crippen LogP contribution is -2.82. The molecule has 1 aliphatic carbocycles. The Bertz CT molecular complexity index is 512. The zero-order valence-electron chi connectivity index (χ0n) is 12.7. The van der Waals surface area contributed by atoms with Crippen molar-refractivity contribution >= 4 is 42.1 Å². The molecular weight excluding hydrogens is 345 g/mol. The predicted octanol–water partition coefficient (Wildman–Crippen LogP) is 2.14. The Hall–Kier alpha value is -0.400. The summed E-state index contributed by atoms with van der Waals surface area (Å²) in [5.41, 5.74) is 5.34. The zero-order chi connectivity index (χ0) is 14.4. The van der Waals surface area contributed by atoms with Crippen LogP contribution in [0, 0.1) is 11.3 Å². The van der Waals surface area contributed by atoms with Crippen LogP contribution in [0.3, 0.4) is 0 Å². The van der Waals surface area contributed by atoms with Crippen molar-refractivity contribution in [2.45, 2.75) is 44.9 Å². The molecule has 1 aliphatic heterocycles. The topological polar surface area (TPSA) is 77.2 Å². The number of hydrogen-bond acceptors (Lipinski definition) is 5. The molecule has 1 aromatic heterocycles. The molecule has 3 N–H and O–H groups in total. The highest BCUT2D eigenvalue weighted by Crippen LogP contribution is 2.57. The van der Waals surface area contributed by atoms with Crippen LogP contribution in [0.2, 0.25) is 0 Å². The van der Waals surface area contributed by atoms with Crippen molar-refractivity contribution in [3.05, 3.63) is 16.6 Å². The molecule has 0 aromatic carbocycles. The van der Waals surface area contributed by atoms with Gasteiger partial charge in [0, 0.05) is 29.5 Å². The Morgan fingerprint density at radius 1 is 1.55 bits per heavy atom. The van der Waals surface area contributed by atoms with E-state index in [0.717, 1.165) is 24.5 Å². The van der Waals surface area contributed by atoms with Crippen molar-refractivity contribution in [2.24, 2.45) is 17.1 Å². The van der Waals surface area contributed by atoms with E-state index in [4.69, 9.17) is 10.5 Å². The fourth-order valence-corrected chi connectivity index (χ4v) is 4.24. The van der Waals surface area contributed by atoms with Crippen LogP contribution in [0.25, 0.3) is 0 Å². The first-order valence-corrected chi connectivity index (χ1v) is 7.93. The number of halogens is 2. The van der Waals surface area contributed by atoms with Crippen LogP contribution >= 0.6 is 36.2 Å². The molecule has 5 nitrogen and oxygen atoms in total. The molecule has 3 atom stereocenters. The van der Waals surface area contributed by atoms with Gasteiger partial charge >= 0.3 is 0 Å². The van der Waals surface area contributed by atoms with E-state index in [1.807, 2.05) is 19.2 Å². The van der Waals surface area contributed by atoms with Crippen molar-refractivity contribution in [3.8, 4) is 0 Å². The molecular formula is C14H23Cl2N3O2S. The van der Waals surface area contributed by atoms with Gasteiger partial charge < -0.3 is 15.8 Å². The number of carbonyl (C=O) groups is 1. The SMILES string of the molecule is CC1(C)C2OCCCC2C1(N)C(=O)NCc1nccs1.Cl.Cl. The second kappa shape index (κ2) is 7.01. The number of aromatic nitrogens is 1. The van der Waals surface area contributed by atoms with Crippen LogP contribution in [0.5, 0.6) is 0 Å². The lowest BCUT2D eigenvalue weighted by atomic mass is 9.46. The molecule has 2 fully saturated rings. The van der Waals surface area contributed by atoms with Crippen LogP contribution in [0.1, 0.15) is 31.7 Å². The molecule has 0 bridgehead atoms. The first-order valence-electron chi connectivity index (χ1n) is 7.05. The monoisotopic (exact) mass is 367 g/mol. The number of thiazole rings is 1. The predicted molar refractivity (Wildman–Crippen MR) is 91.6 cm³/mol. The van der Waals surface area contributed by atoms with Gasteiger partial charge in [-0.1, -0.05) is 13.8 Å². The van der Waals surface area contributed by atoms with Crippen LogP contribution < -0.4 is 11.1 Å². The average molecular weight is 368 g/mol. The van der Waals surface area contributed by atoms with Crippen molar-refractivity contribution in [1.29, 1.82) is 0 Å². The summed E-state index contributed by atoms with van der Waals surface area (Å²) < 4.78 is 5.82. The minimum Gasteiger partial charge on any atom is -0.377 e. The maximum Gasteiger partial charge on any atom is 0.241 e. The van der Waals surface area contributed by atoms with E-state index < -0.39 is 5.54 Å². The van der Waals surface area contributed by atoms with Crippen molar-refractivity contribution in [1.82, 2.24) is 10.3 Å². The van der Waals surface area contributed by atoms with Gasteiger partial charge in [-0.15, -0.1) is 36.2 Å². The fraction of sp³-hybridized carbons (Fsp3) is 0.714. The second-order valence-corrected chi connectivity index (χ2v) is 7.22. The number of nitrogens with one attached hydrogen (secondary N) is 1. The Morgan fingerprint density at radius 2 is 2.27 bits per heavy atom. The molecule has 0 radical (unpaired) electrons. The molecule has 22 heavy (non-hydrogen) atoms. The highest BCUT2D eigenvalue weighted by atomic mass is 35.5. The van der Waals surface area contributed by atoms with Gasteiger partial charge in [0.25, 0.3) is 0 Å². The molecule has 3 unspecified atom stereocenters. The summed E-state index contributed by atoms with van der Waals surface area (Å²) >= 11 is 1.53. The summed E-state index contributed by atoms with van der Waals surface area (Å²) in [5.74, 6) is 0.0481. The van der Waals surface area contributed by atoms with Crippen LogP contribution in [-0.2, 0) is 16.1 Å². The standard InChI is InChI=1S/C14H21N3O2S.2ClH/c1-13(2)11-9(4-3-6-19-11)14(13,15)12(18)17-8-10-16-5-7-20-10;;/h5,7,9,11H,3-4,6,8,15H2,1-2H3,(H,17,18);2*1H. The number of amides is 1. The summed E-state index contributed by atoms with van der Waals surface area (Å²) in [6, 6.07) is 0. The molecule has 1 aromatic rings. The minimum atomic E-state index is -0.838. The van der Waals surface area contributed by atoms with Crippen molar-refractivity contribution in [3.63, 3.8) is 0 Å². The summed E-state index contributed by atoms with van der Waals surface area (Å²) in [6.45, 7) is 5.29. The molecule has 1 amide bonds. The summed E-state index contributed by atoms with van der Waals surface area (Å²) in [6.07, 6.45) is 3.79. The quantitative estimate of drug-likeness (QED) is 0.857. The third kappa shape index (κ3) is 2.76. The minimum absolute atomic E-state index is 0. The lowest BCUT2D eigenvalue weighted by molar-refractivity contribution is -0.225. The van der Waals surface area contributed by atoms with Crippen LogP contribution in [-0.4, -0.2) is 29.1 Å². The third-order valence-electron chi connectivity index (χ3n) is 4.94. The smallest absolute Gasteiger partial charge is 0.241 e. The van der Waals surface area contributed by atoms with E-state index in [1.54, 1.807) is 6.20 Å². The van der Waals surface area contributed by atoms with Crippen LogP contribution in [0.15, 0.2) is 11.6 Å². The lowest BCUT2D eigenvalue weighted by Gasteiger charge is -2.65. The highest BCUT2D eigenvalue weighted by molar-refractivity contribution is 7.09. The van der Waals surface area contributed by atoms with Gasteiger partial charge in [-0.3, -0.25) is 4.79 Å². The number of hydrogen-bond donors (Lipinski definition) is 2. The molecule has 126 valence electrons. The van der Waals surface area contributed by atoms with E-state index in [1.165, 1.54) is 11.3 Å². The average Bonchev–Trinajstić information content (AvgIpc) is 2.97. The van der Waals surface area contributed by atoms with E-state index >= 15 is 0 Å². The molecule has 0 spiro atoms. The molecule has 8 heteroatoms. The van der Waals surface area contributed by atoms with E-state index in [-0.39, 0.29) is 48.2 Å². The van der Waals surface area contributed by atoms with Gasteiger partial charge in [-0.25, -0.2) is 4.98 Å². The van der Waals surface area contributed by atoms with Gasteiger partial charge in [0.05, 0.1) is 12.6 Å². The van der Waals surface area contributed by atoms with E-state index in [9.17, 15) is 4.79 Å². The summed E-state index contributed by atoms with van der Waals surface area (Å²) in [5, 5.41) is 5.74. The van der Waals surface area contributed by atoms with E-state index in [0.29, 0.717) is 6.54 Å². The van der Waals surface area contributed by atoms with E-state index in [2.05, 4.69) is 10.3 Å². The van der Waals surface area contributed by atoms with Crippen molar-refractivity contribution < 1.29 is 9.53 Å². The molecule has 2 heterocycles. The fourth-order valence-electron chi connectivity index (χ4n) is 3.68. The molecule has 2 aliphatic rings. The Kier molecular flexibility index (Phi) is 6.26. The molecule has 1 saturated heterocycles. The largest absolute Gasteiger partial charge is 0.377 e. The molecule has 3 rings (SSSR count). The van der Waals surface area contributed by atoms with Gasteiger partial charge in [-0.05, 0) is 12.8 Å². The number of nitrogens with zero attached hydrogens (tertiary/aromatic N) is 1. The summed E-state index contributed by atoms with van der Waals surface area (Å²) in [4.78, 5) is 16.8. The van der Waals surface area contributed by atoms with Gasteiger partial charge in [0.15, 0.2) is 0 Å². The van der Waals surface area contributed by atoms with Crippen molar-refractivity contribution in [2.75, 3.05) is 6.61 Å². The number of ether oxygens (including phenoxy) is 1.